The number of hydrogen-bond donors (Lipinski definition) is 2. The number of rotatable bonds is 6. The lowest BCUT2D eigenvalue weighted by atomic mass is 10.2. The van der Waals surface area contributed by atoms with E-state index in [1.165, 1.54) is 11.3 Å². The number of nitrogens with zero attached hydrogens (tertiary/aromatic N) is 3. The average molecular weight is 388 g/mol. The molecule has 4 heterocycles. The van der Waals surface area contributed by atoms with E-state index in [9.17, 15) is 4.79 Å². The molecule has 0 aromatic carbocycles. The van der Waals surface area contributed by atoms with Crippen molar-refractivity contribution >= 4 is 28.6 Å². The van der Waals surface area contributed by atoms with E-state index in [0.29, 0.717) is 12.6 Å². The van der Waals surface area contributed by atoms with Crippen LogP contribution in [0.5, 0.6) is 0 Å². The molecule has 1 amide bonds. The molecule has 1 fully saturated rings. The number of aromatic nitrogens is 3. The third-order valence-corrected chi connectivity index (χ3v) is 6.50. The number of carbonyl (C=O) groups is 1. The minimum Gasteiger partial charge on any atom is -0.346 e. The highest BCUT2D eigenvalue weighted by molar-refractivity contribution is 7.14. The molecule has 6 nitrogen and oxygen atoms in total. The normalized spacial score (nSPS) is 17.7. The molecule has 0 spiro atoms. The van der Waals surface area contributed by atoms with E-state index < -0.39 is 0 Å². The van der Waals surface area contributed by atoms with Gasteiger partial charge in [0.05, 0.1) is 23.7 Å². The van der Waals surface area contributed by atoms with Crippen LogP contribution in [0.25, 0.3) is 0 Å². The Morgan fingerprint density at radius 2 is 2.38 bits per heavy atom. The highest BCUT2D eigenvalue weighted by Crippen LogP contribution is 2.37. The van der Waals surface area contributed by atoms with Crippen LogP contribution in [0.1, 0.15) is 49.8 Å². The van der Waals surface area contributed by atoms with Crippen LogP contribution in [-0.4, -0.2) is 32.5 Å². The van der Waals surface area contributed by atoms with E-state index in [0.717, 1.165) is 40.8 Å². The van der Waals surface area contributed by atoms with E-state index >= 15 is 0 Å². The number of aromatic amines is 1. The van der Waals surface area contributed by atoms with Gasteiger partial charge in [-0.2, -0.15) is 5.10 Å². The number of aryl methyl sites for hydroxylation is 1. The molecule has 1 atom stereocenters. The molecule has 8 heteroatoms. The average Bonchev–Trinajstić information content (AvgIpc) is 3.41. The minimum atomic E-state index is -0.0358. The van der Waals surface area contributed by atoms with Gasteiger partial charge in [0.1, 0.15) is 5.01 Å². The van der Waals surface area contributed by atoms with Crippen molar-refractivity contribution in [1.29, 1.82) is 0 Å². The van der Waals surface area contributed by atoms with Crippen molar-refractivity contribution in [2.75, 3.05) is 6.54 Å². The zero-order valence-electron chi connectivity index (χ0n) is 14.6. The summed E-state index contributed by atoms with van der Waals surface area (Å²) in [5.41, 5.74) is 1.84. The number of amides is 1. The van der Waals surface area contributed by atoms with Gasteiger partial charge in [-0.25, -0.2) is 4.98 Å². The molecular formula is C18H21N5OS2. The van der Waals surface area contributed by atoms with Gasteiger partial charge in [-0.15, -0.1) is 22.7 Å². The first-order chi connectivity index (χ1) is 12.7. The van der Waals surface area contributed by atoms with Crippen molar-refractivity contribution in [3.8, 4) is 0 Å². The van der Waals surface area contributed by atoms with Crippen LogP contribution in [0.15, 0.2) is 29.8 Å². The molecule has 0 aliphatic carbocycles. The fourth-order valence-electron chi connectivity index (χ4n) is 3.32. The predicted molar refractivity (Wildman–Crippen MR) is 103 cm³/mol. The first kappa shape index (κ1) is 17.4. The third kappa shape index (κ3) is 3.87. The van der Waals surface area contributed by atoms with Crippen LogP contribution in [-0.2, 0) is 13.1 Å². The van der Waals surface area contributed by atoms with E-state index in [1.807, 2.05) is 30.6 Å². The highest BCUT2D eigenvalue weighted by atomic mass is 32.1. The Hall–Kier alpha value is -2.03. The van der Waals surface area contributed by atoms with Gasteiger partial charge in [-0.1, -0.05) is 0 Å². The van der Waals surface area contributed by atoms with Crippen LogP contribution in [0, 0.1) is 6.92 Å². The molecule has 1 aliphatic heterocycles. The molecule has 2 N–H and O–H groups in total. The zero-order chi connectivity index (χ0) is 17.9. The van der Waals surface area contributed by atoms with Gasteiger partial charge in [-0.3, -0.25) is 14.8 Å². The summed E-state index contributed by atoms with van der Waals surface area (Å²) in [6, 6.07) is 6.36. The Kier molecular flexibility index (Phi) is 5.14. The second-order valence-corrected chi connectivity index (χ2v) is 8.58. The summed E-state index contributed by atoms with van der Waals surface area (Å²) < 4.78 is 0. The summed E-state index contributed by atoms with van der Waals surface area (Å²) in [4.78, 5) is 21.3. The molecule has 3 aromatic rings. The Morgan fingerprint density at radius 1 is 1.46 bits per heavy atom. The number of likely N-dealkylation sites (tertiary alicyclic amines) is 1. The third-order valence-electron chi connectivity index (χ3n) is 4.55. The van der Waals surface area contributed by atoms with E-state index in [4.69, 9.17) is 0 Å². The summed E-state index contributed by atoms with van der Waals surface area (Å²) in [7, 11) is 0. The molecule has 4 rings (SSSR count). The summed E-state index contributed by atoms with van der Waals surface area (Å²) in [5, 5.41) is 13.2. The van der Waals surface area contributed by atoms with Gasteiger partial charge in [0, 0.05) is 28.2 Å². The second-order valence-electron chi connectivity index (χ2n) is 6.48. The molecule has 0 bridgehead atoms. The standard InChI is InChI=1S/C18H21N5OS2/c1-12-9-13(22-21-12)10-20-18(24)16-5-4-15(26-16)14-3-2-7-23(14)11-17-19-6-8-25-17/h4-6,8-9,14H,2-3,7,10-11H2,1H3,(H,20,24)(H,21,22). The Bertz CT molecular complexity index is 870. The smallest absolute Gasteiger partial charge is 0.261 e. The van der Waals surface area contributed by atoms with Crippen LogP contribution in [0.2, 0.25) is 0 Å². The number of thiophene rings is 1. The van der Waals surface area contributed by atoms with Crippen LogP contribution in [0.3, 0.4) is 0 Å². The number of H-pyrrole nitrogens is 1. The number of nitrogens with one attached hydrogen (secondary N) is 2. The highest BCUT2D eigenvalue weighted by Gasteiger charge is 2.28. The molecule has 26 heavy (non-hydrogen) atoms. The number of carbonyl (C=O) groups excluding carboxylic acids is 1. The molecule has 1 saturated heterocycles. The van der Waals surface area contributed by atoms with Crippen molar-refractivity contribution in [3.05, 3.63) is 55.9 Å². The fraction of sp³-hybridized carbons (Fsp3) is 0.389. The maximum absolute atomic E-state index is 12.4. The van der Waals surface area contributed by atoms with Crippen LogP contribution >= 0.6 is 22.7 Å². The number of thiazole rings is 1. The van der Waals surface area contributed by atoms with E-state index in [2.05, 4.69) is 31.5 Å². The molecule has 1 aliphatic rings. The summed E-state index contributed by atoms with van der Waals surface area (Å²) in [6.07, 6.45) is 4.19. The van der Waals surface area contributed by atoms with Gasteiger partial charge in [0.25, 0.3) is 5.91 Å². The zero-order valence-corrected chi connectivity index (χ0v) is 16.2. The van der Waals surface area contributed by atoms with Gasteiger partial charge in [-0.05, 0) is 44.5 Å². The SMILES string of the molecule is Cc1cc(CNC(=O)c2ccc(C3CCCN3Cc3nccs3)s2)n[nH]1. The maximum Gasteiger partial charge on any atom is 0.261 e. The fourth-order valence-corrected chi connectivity index (χ4v) is 5.05. The lowest BCUT2D eigenvalue weighted by molar-refractivity contribution is 0.0954. The minimum absolute atomic E-state index is 0.0358. The first-order valence-electron chi connectivity index (χ1n) is 8.70. The van der Waals surface area contributed by atoms with Crippen LogP contribution in [0.4, 0.5) is 0 Å². The maximum atomic E-state index is 12.4. The van der Waals surface area contributed by atoms with Crippen molar-refractivity contribution in [2.24, 2.45) is 0 Å². The van der Waals surface area contributed by atoms with Crippen LogP contribution < -0.4 is 5.32 Å². The Morgan fingerprint density at radius 3 is 3.15 bits per heavy atom. The van der Waals surface area contributed by atoms with Gasteiger partial charge >= 0.3 is 0 Å². The van der Waals surface area contributed by atoms with Crippen molar-refractivity contribution in [2.45, 2.75) is 38.9 Å². The molecule has 3 aromatic heterocycles. The Balaban J connectivity index is 1.39. The summed E-state index contributed by atoms with van der Waals surface area (Å²) in [6.45, 7) is 4.36. The van der Waals surface area contributed by atoms with Crippen molar-refractivity contribution in [1.82, 2.24) is 25.4 Å². The Labute approximate surface area is 160 Å². The van der Waals surface area contributed by atoms with Crippen molar-refractivity contribution < 1.29 is 4.79 Å². The van der Waals surface area contributed by atoms with Gasteiger partial charge < -0.3 is 5.32 Å². The monoisotopic (exact) mass is 387 g/mol. The molecule has 0 radical (unpaired) electrons. The summed E-state index contributed by atoms with van der Waals surface area (Å²) in [5.74, 6) is -0.0358. The first-order valence-corrected chi connectivity index (χ1v) is 10.4. The molecule has 0 saturated carbocycles. The van der Waals surface area contributed by atoms with Gasteiger partial charge in [0.2, 0.25) is 0 Å². The van der Waals surface area contributed by atoms with Crippen molar-refractivity contribution in [3.63, 3.8) is 0 Å². The van der Waals surface area contributed by atoms with E-state index in [1.54, 1.807) is 22.7 Å². The molecular weight excluding hydrogens is 366 g/mol. The second kappa shape index (κ2) is 7.69. The topological polar surface area (TPSA) is 73.9 Å². The lowest BCUT2D eigenvalue weighted by Crippen LogP contribution is -2.22. The van der Waals surface area contributed by atoms with E-state index in [-0.39, 0.29) is 5.91 Å². The summed E-state index contributed by atoms with van der Waals surface area (Å²) >= 11 is 3.30. The molecule has 136 valence electrons. The largest absolute Gasteiger partial charge is 0.346 e. The van der Waals surface area contributed by atoms with Gasteiger partial charge in [0.15, 0.2) is 0 Å². The predicted octanol–water partition coefficient (Wildman–Crippen LogP) is 3.50. The molecule has 1 unspecified atom stereocenters. The number of hydrogen-bond acceptors (Lipinski definition) is 6. The quantitative estimate of drug-likeness (QED) is 0.679. The lowest BCUT2D eigenvalue weighted by Gasteiger charge is -2.22.